The molecule has 6 nitrogen and oxygen atoms in total. The van der Waals surface area contributed by atoms with Crippen LogP contribution in [0.3, 0.4) is 0 Å². The van der Waals surface area contributed by atoms with Crippen molar-refractivity contribution < 1.29 is 17.9 Å². The molecular weight excluding hydrogens is 312 g/mol. The Bertz CT molecular complexity index is 681. The van der Waals surface area contributed by atoms with Crippen LogP contribution in [-0.2, 0) is 14.8 Å². The number of sulfonamides is 1. The fraction of sp³-hybridized carbons (Fsp3) is 0.385. The summed E-state index contributed by atoms with van der Waals surface area (Å²) in [5, 5.41) is 0. The van der Waals surface area contributed by atoms with Crippen LogP contribution in [0.4, 0.5) is 0 Å². The summed E-state index contributed by atoms with van der Waals surface area (Å²) in [5.41, 5.74) is 6.20. The van der Waals surface area contributed by atoms with Crippen LogP contribution < -0.4 is 10.5 Å². The third-order valence-corrected chi connectivity index (χ3v) is 6.01. The zero-order chi connectivity index (χ0) is 15.8. The topological polar surface area (TPSA) is 89.7 Å². The lowest BCUT2D eigenvalue weighted by Crippen LogP contribution is -2.67. The second-order valence-electron chi connectivity index (χ2n) is 5.13. The highest BCUT2D eigenvalue weighted by molar-refractivity contribution is 7.94. The van der Waals surface area contributed by atoms with Gasteiger partial charge in [-0.2, -0.15) is 0 Å². The molecule has 1 amide bonds. The molecule has 0 saturated carbocycles. The van der Waals surface area contributed by atoms with Crippen molar-refractivity contribution in [3.63, 3.8) is 0 Å². The van der Waals surface area contributed by atoms with Gasteiger partial charge in [-0.3, -0.25) is 4.79 Å². The molecule has 0 bridgehead atoms. The van der Waals surface area contributed by atoms with E-state index in [1.165, 1.54) is 13.8 Å². The number of hydrogen-bond acceptors (Lipinski definition) is 5. The van der Waals surface area contributed by atoms with Crippen molar-refractivity contribution in [3.05, 3.63) is 29.8 Å². The first kappa shape index (κ1) is 15.7. The second kappa shape index (κ2) is 5.27. The molecule has 21 heavy (non-hydrogen) atoms. The molecule has 0 aromatic heterocycles. The van der Waals surface area contributed by atoms with E-state index in [4.69, 9.17) is 22.7 Å². The number of carbonyl (C=O) groups excluding carboxylic acids is 1. The number of rotatable bonds is 5. The van der Waals surface area contributed by atoms with Crippen LogP contribution in [0.15, 0.2) is 24.3 Å². The Morgan fingerprint density at radius 2 is 1.90 bits per heavy atom. The molecule has 0 unspecified atom stereocenters. The molecule has 2 rings (SSSR count). The van der Waals surface area contributed by atoms with Gasteiger partial charge in [0.2, 0.25) is 0 Å². The van der Waals surface area contributed by atoms with Crippen LogP contribution in [0.25, 0.3) is 0 Å². The minimum Gasteiger partial charge on any atom is -0.492 e. The number of thiocarbonyl (C=S) groups is 1. The summed E-state index contributed by atoms with van der Waals surface area (Å²) >= 11 is 4.84. The van der Waals surface area contributed by atoms with Crippen LogP contribution in [0.2, 0.25) is 0 Å². The third kappa shape index (κ3) is 2.60. The maximum Gasteiger partial charge on any atom is 0.259 e. The minimum atomic E-state index is -3.55. The number of carbonyl (C=O) groups is 1. The Labute approximate surface area is 128 Å². The Hall–Kier alpha value is -1.67. The normalized spacial score (nSPS) is 19.0. The molecule has 1 aromatic rings. The molecule has 0 radical (unpaired) electrons. The van der Waals surface area contributed by atoms with Crippen molar-refractivity contribution in [2.75, 3.05) is 13.2 Å². The summed E-state index contributed by atoms with van der Waals surface area (Å²) in [4.78, 5) is 12.0. The quantitative estimate of drug-likeness (QED) is 0.798. The Kier molecular flexibility index (Phi) is 3.94. The highest BCUT2D eigenvalue weighted by atomic mass is 32.2. The Balaban J connectivity index is 1.91. The van der Waals surface area contributed by atoms with Gasteiger partial charge in [0.1, 0.15) is 17.3 Å². The van der Waals surface area contributed by atoms with Gasteiger partial charge in [-0.15, -0.1) is 0 Å². The molecule has 1 aliphatic rings. The predicted molar refractivity (Wildman–Crippen MR) is 82.5 cm³/mol. The number of ether oxygens (including phenoxy) is 1. The molecule has 1 saturated heterocycles. The summed E-state index contributed by atoms with van der Waals surface area (Å²) in [6, 6.07) is 6.80. The van der Waals surface area contributed by atoms with Gasteiger partial charge >= 0.3 is 0 Å². The van der Waals surface area contributed by atoms with Gasteiger partial charge in [0.25, 0.3) is 15.9 Å². The van der Waals surface area contributed by atoms with E-state index in [-0.39, 0.29) is 13.2 Å². The Morgan fingerprint density at radius 1 is 1.33 bits per heavy atom. The zero-order valence-corrected chi connectivity index (χ0v) is 13.3. The van der Waals surface area contributed by atoms with Crippen molar-refractivity contribution in [2.45, 2.75) is 18.6 Å². The smallest absolute Gasteiger partial charge is 0.259 e. The van der Waals surface area contributed by atoms with Crippen LogP contribution in [0, 0.1) is 0 Å². The second-order valence-corrected chi connectivity index (χ2v) is 7.98. The molecule has 0 spiro atoms. The first-order chi connectivity index (χ1) is 9.68. The van der Waals surface area contributed by atoms with E-state index in [2.05, 4.69) is 0 Å². The lowest BCUT2D eigenvalue weighted by molar-refractivity contribution is -0.132. The fourth-order valence-corrected chi connectivity index (χ4v) is 3.59. The first-order valence-corrected chi connectivity index (χ1v) is 8.12. The fourth-order valence-electron chi connectivity index (χ4n) is 1.94. The van der Waals surface area contributed by atoms with Crippen molar-refractivity contribution in [1.82, 2.24) is 4.31 Å². The summed E-state index contributed by atoms with van der Waals surface area (Å²) in [6.45, 7) is 2.89. The van der Waals surface area contributed by atoms with E-state index in [1.54, 1.807) is 24.3 Å². The monoisotopic (exact) mass is 328 g/mol. The average Bonchev–Trinajstić information content (AvgIpc) is 2.43. The van der Waals surface area contributed by atoms with Gasteiger partial charge in [-0.25, -0.2) is 12.7 Å². The van der Waals surface area contributed by atoms with Crippen molar-refractivity contribution >= 4 is 33.1 Å². The van der Waals surface area contributed by atoms with Crippen LogP contribution >= 0.6 is 12.2 Å². The van der Waals surface area contributed by atoms with E-state index in [0.717, 1.165) is 9.87 Å². The predicted octanol–water partition coefficient (Wildman–Crippen LogP) is 0.650. The average molecular weight is 328 g/mol. The lowest BCUT2D eigenvalue weighted by Gasteiger charge is -2.42. The molecule has 114 valence electrons. The maximum absolute atomic E-state index is 11.9. The highest BCUT2D eigenvalue weighted by Gasteiger charge is 2.59. The SMILES string of the molecule is CC1(C)C(=O)N(CCOc2ccc(C(N)=S)cc2)S1(=O)=O. The lowest BCUT2D eigenvalue weighted by atomic mass is 10.2. The molecule has 1 aliphatic heterocycles. The third-order valence-electron chi connectivity index (χ3n) is 3.38. The number of nitrogens with two attached hydrogens (primary N) is 1. The number of amides is 1. The van der Waals surface area contributed by atoms with Gasteiger partial charge in [-0.05, 0) is 38.1 Å². The molecular formula is C13H16N2O4S2. The summed E-state index contributed by atoms with van der Waals surface area (Å²) in [7, 11) is -3.55. The summed E-state index contributed by atoms with van der Waals surface area (Å²) in [6.07, 6.45) is 0. The van der Waals surface area contributed by atoms with E-state index < -0.39 is 20.7 Å². The van der Waals surface area contributed by atoms with Crippen LogP contribution in [0.1, 0.15) is 19.4 Å². The minimum absolute atomic E-state index is 0.00164. The largest absolute Gasteiger partial charge is 0.492 e. The van der Waals surface area contributed by atoms with E-state index in [9.17, 15) is 13.2 Å². The first-order valence-electron chi connectivity index (χ1n) is 6.27. The van der Waals surface area contributed by atoms with Crippen molar-refractivity contribution in [1.29, 1.82) is 0 Å². The zero-order valence-electron chi connectivity index (χ0n) is 11.7. The molecule has 8 heteroatoms. The van der Waals surface area contributed by atoms with Crippen LogP contribution in [0.5, 0.6) is 5.75 Å². The van der Waals surface area contributed by atoms with E-state index >= 15 is 0 Å². The van der Waals surface area contributed by atoms with Gasteiger partial charge in [0.15, 0.2) is 4.75 Å². The Morgan fingerprint density at radius 3 is 2.38 bits per heavy atom. The number of hydrogen-bond donors (Lipinski definition) is 1. The van der Waals surface area contributed by atoms with Gasteiger partial charge in [0, 0.05) is 5.56 Å². The van der Waals surface area contributed by atoms with E-state index in [0.29, 0.717) is 10.7 Å². The molecule has 1 aromatic carbocycles. The van der Waals surface area contributed by atoms with Crippen molar-refractivity contribution in [3.8, 4) is 5.75 Å². The highest BCUT2D eigenvalue weighted by Crippen LogP contribution is 2.34. The molecule has 0 atom stereocenters. The number of benzene rings is 1. The summed E-state index contributed by atoms with van der Waals surface area (Å²) in [5.74, 6) is 0.148. The standard InChI is InChI=1S/C13H16N2O4S2/c1-13(2)12(16)15(21(13,17)18)7-8-19-10-5-3-9(4-6-10)11(14)20/h3-6H,7-8H2,1-2H3,(H2,14,20). The van der Waals surface area contributed by atoms with Gasteiger partial charge in [-0.1, -0.05) is 12.2 Å². The maximum atomic E-state index is 11.9. The van der Waals surface area contributed by atoms with E-state index in [1.807, 2.05) is 0 Å². The van der Waals surface area contributed by atoms with Crippen LogP contribution in [-0.4, -0.2) is 41.5 Å². The molecule has 2 N–H and O–H groups in total. The molecule has 0 aliphatic carbocycles. The van der Waals surface area contributed by atoms with Crippen molar-refractivity contribution in [2.24, 2.45) is 5.73 Å². The molecule has 1 heterocycles. The number of nitrogens with zero attached hydrogens (tertiary/aromatic N) is 1. The molecule has 1 fully saturated rings. The van der Waals surface area contributed by atoms with Gasteiger partial charge < -0.3 is 10.5 Å². The van der Waals surface area contributed by atoms with Gasteiger partial charge in [0.05, 0.1) is 6.54 Å². The summed E-state index contributed by atoms with van der Waals surface area (Å²) < 4.78 is 28.7.